The van der Waals surface area contributed by atoms with Crippen molar-refractivity contribution in [1.82, 2.24) is 0 Å². The largest absolute Gasteiger partial charge is 0.462 e. The molecule has 0 aromatic heterocycles. The van der Waals surface area contributed by atoms with E-state index in [2.05, 4.69) is 67.5 Å². The third kappa shape index (κ3) is 3.85. The van der Waals surface area contributed by atoms with Crippen LogP contribution in [0.25, 0.3) is 0 Å². The number of carbonyl (C=O) groups is 1. The minimum atomic E-state index is -0.132. The molecule has 0 saturated heterocycles. The van der Waals surface area contributed by atoms with Gasteiger partial charge < -0.3 is 4.74 Å². The van der Waals surface area contributed by atoms with E-state index in [1.165, 1.54) is 50.5 Å². The van der Waals surface area contributed by atoms with Crippen molar-refractivity contribution >= 4 is 5.97 Å². The molecule has 0 unspecified atom stereocenters. The van der Waals surface area contributed by atoms with Crippen molar-refractivity contribution in [2.45, 2.75) is 126 Å². The normalized spacial score (nSPS) is 43.6. The van der Waals surface area contributed by atoms with E-state index in [1.807, 2.05) is 0 Å². The summed E-state index contributed by atoms with van der Waals surface area (Å²) >= 11 is 0. The van der Waals surface area contributed by atoms with Gasteiger partial charge in [-0.05, 0) is 112 Å². The molecule has 2 nitrogen and oxygen atoms in total. The Balaban J connectivity index is 1.60. The van der Waals surface area contributed by atoms with Gasteiger partial charge in [-0.15, -0.1) is 0 Å². The lowest BCUT2D eigenvalue weighted by Gasteiger charge is -2.64. The van der Waals surface area contributed by atoms with Crippen molar-refractivity contribution in [3.05, 3.63) is 23.3 Å². The van der Waals surface area contributed by atoms with Crippen LogP contribution in [0.5, 0.6) is 0 Å². The zero-order valence-corrected chi connectivity index (χ0v) is 23.7. The zero-order chi connectivity index (χ0) is 25.1. The number of carbonyl (C=O) groups excluding carboxylic acids is 1. The number of hydrogen-bond donors (Lipinski definition) is 0. The molecule has 0 aromatic rings. The number of fused-ring (bicyclic) bond motifs is 5. The van der Waals surface area contributed by atoms with E-state index in [0.29, 0.717) is 10.8 Å². The molecule has 0 heterocycles. The van der Waals surface area contributed by atoms with Gasteiger partial charge >= 0.3 is 5.97 Å². The van der Waals surface area contributed by atoms with Crippen LogP contribution in [-0.2, 0) is 9.53 Å². The van der Waals surface area contributed by atoms with Crippen LogP contribution >= 0.6 is 0 Å². The summed E-state index contributed by atoms with van der Waals surface area (Å²) in [5, 5.41) is 0. The highest BCUT2D eigenvalue weighted by atomic mass is 16.5. The fourth-order valence-electron chi connectivity index (χ4n) is 9.97. The molecular weight excluding hydrogens is 416 g/mol. The van der Waals surface area contributed by atoms with Crippen molar-refractivity contribution in [1.29, 1.82) is 0 Å². The molecule has 0 aromatic carbocycles. The minimum Gasteiger partial charge on any atom is -0.462 e. The molecule has 3 fully saturated rings. The summed E-state index contributed by atoms with van der Waals surface area (Å²) < 4.78 is 5.85. The van der Waals surface area contributed by atoms with Crippen LogP contribution in [0.2, 0.25) is 0 Å². The molecule has 2 heteroatoms. The Kier molecular flexibility index (Phi) is 6.74. The molecule has 0 N–H and O–H groups in total. The molecule has 192 valence electrons. The van der Waals surface area contributed by atoms with Gasteiger partial charge in [0.15, 0.2) is 0 Å². The maximum Gasteiger partial charge on any atom is 0.302 e. The van der Waals surface area contributed by atoms with Crippen LogP contribution < -0.4 is 0 Å². The predicted octanol–water partition coefficient (Wildman–Crippen LogP) is 8.91. The van der Waals surface area contributed by atoms with Crippen LogP contribution in [0.1, 0.15) is 120 Å². The van der Waals surface area contributed by atoms with Crippen LogP contribution in [-0.4, -0.2) is 12.1 Å². The third-order valence-corrected chi connectivity index (χ3v) is 12.0. The Morgan fingerprint density at radius 1 is 1.00 bits per heavy atom. The highest BCUT2D eigenvalue weighted by Gasteiger charge is 2.66. The van der Waals surface area contributed by atoms with E-state index in [-0.39, 0.29) is 22.9 Å². The molecule has 0 aliphatic heterocycles. The lowest BCUT2D eigenvalue weighted by atomic mass is 9.40. The topological polar surface area (TPSA) is 26.3 Å². The Labute approximate surface area is 210 Å². The van der Waals surface area contributed by atoms with Gasteiger partial charge in [-0.1, -0.05) is 64.8 Å². The summed E-state index contributed by atoms with van der Waals surface area (Å²) in [4.78, 5) is 11.8. The molecular formula is C32H52O2. The van der Waals surface area contributed by atoms with Crippen molar-refractivity contribution in [2.24, 2.45) is 45.3 Å². The first-order chi connectivity index (χ1) is 15.8. The number of hydrogen-bond acceptors (Lipinski definition) is 2. The third-order valence-electron chi connectivity index (χ3n) is 12.0. The van der Waals surface area contributed by atoms with Gasteiger partial charge in [0.05, 0.1) is 0 Å². The second kappa shape index (κ2) is 8.81. The van der Waals surface area contributed by atoms with Gasteiger partial charge in [0.25, 0.3) is 0 Å². The highest BCUT2D eigenvalue weighted by Crippen LogP contribution is 2.73. The molecule has 0 amide bonds. The van der Waals surface area contributed by atoms with Crippen LogP contribution in [0, 0.1) is 45.3 Å². The van der Waals surface area contributed by atoms with Crippen molar-refractivity contribution in [2.75, 3.05) is 0 Å². The molecule has 4 aliphatic rings. The summed E-state index contributed by atoms with van der Waals surface area (Å²) in [5.41, 5.74) is 4.14. The van der Waals surface area contributed by atoms with E-state index < -0.39 is 0 Å². The predicted molar refractivity (Wildman–Crippen MR) is 142 cm³/mol. The summed E-state index contributed by atoms with van der Waals surface area (Å²) in [7, 11) is 0. The number of esters is 1. The van der Waals surface area contributed by atoms with Crippen molar-refractivity contribution < 1.29 is 9.53 Å². The van der Waals surface area contributed by atoms with Gasteiger partial charge in [-0.2, -0.15) is 0 Å². The second-order valence-corrected chi connectivity index (χ2v) is 14.2. The molecule has 0 spiro atoms. The van der Waals surface area contributed by atoms with Crippen molar-refractivity contribution in [3.63, 3.8) is 0 Å². The Hall–Kier alpha value is -1.05. The average molecular weight is 469 g/mol. The molecule has 4 aliphatic carbocycles. The maximum atomic E-state index is 11.8. The molecule has 34 heavy (non-hydrogen) atoms. The number of ether oxygens (including phenoxy) is 1. The molecule has 0 bridgehead atoms. The SMILES string of the molecule is CC(=O)O[C@H]1CC[C@@]2(C)C(=CC[C@@H]3[C@@H]2CC[C@]2(C)[C@@H]([C@H](C)CCC=C(C)C)CC[C@@]32C)C1(C)C. The molecule has 8 atom stereocenters. The van der Waals surface area contributed by atoms with Gasteiger partial charge in [-0.3, -0.25) is 4.79 Å². The van der Waals surface area contributed by atoms with Gasteiger partial charge in [0, 0.05) is 12.3 Å². The summed E-state index contributed by atoms with van der Waals surface area (Å²) in [6.07, 6.45) is 16.6. The summed E-state index contributed by atoms with van der Waals surface area (Å²) in [5.74, 6) is 3.09. The Morgan fingerprint density at radius 2 is 1.68 bits per heavy atom. The van der Waals surface area contributed by atoms with E-state index in [1.54, 1.807) is 12.5 Å². The smallest absolute Gasteiger partial charge is 0.302 e. The lowest BCUT2D eigenvalue weighted by molar-refractivity contribution is -0.159. The average Bonchev–Trinajstić information content (AvgIpc) is 3.01. The van der Waals surface area contributed by atoms with Crippen LogP contribution in [0.15, 0.2) is 23.3 Å². The Bertz CT molecular complexity index is 860. The first kappa shape index (κ1) is 26.0. The van der Waals surface area contributed by atoms with E-state index >= 15 is 0 Å². The first-order valence-electron chi connectivity index (χ1n) is 14.3. The summed E-state index contributed by atoms with van der Waals surface area (Å²) in [6.45, 7) is 21.2. The monoisotopic (exact) mass is 468 g/mol. The fourth-order valence-corrected chi connectivity index (χ4v) is 9.97. The molecule has 4 rings (SSSR count). The van der Waals surface area contributed by atoms with E-state index in [0.717, 1.165) is 36.5 Å². The van der Waals surface area contributed by atoms with Crippen molar-refractivity contribution in [3.8, 4) is 0 Å². The second-order valence-electron chi connectivity index (χ2n) is 14.2. The number of allylic oxidation sites excluding steroid dienone is 3. The fraction of sp³-hybridized carbons (Fsp3) is 0.844. The van der Waals surface area contributed by atoms with Gasteiger partial charge in [0.2, 0.25) is 0 Å². The van der Waals surface area contributed by atoms with E-state index in [9.17, 15) is 4.79 Å². The Morgan fingerprint density at radius 3 is 2.32 bits per heavy atom. The van der Waals surface area contributed by atoms with Gasteiger partial charge in [-0.25, -0.2) is 0 Å². The van der Waals surface area contributed by atoms with Gasteiger partial charge in [0.1, 0.15) is 6.10 Å². The van der Waals surface area contributed by atoms with Crippen LogP contribution in [0.3, 0.4) is 0 Å². The quantitative estimate of drug-likeness (QED) is 0.297. The highest BCUT2D eigenvalue weighted by molar-refractivity contribution is 5.66. The lowest BCUT2D eigenvalue weighted by Crippen LogP contribution is -2.58. The standard InChI is InChI=1S/C32H52O2/c1-21(2)11-10-12-22(3)24-15-19-32(9)26-13-14-27-29(5,6)28(34-23(4)33)17-18-30(27,7)25(26)16-20-31(24,32)8/h11,14,22,24-26,28H,10,12-13,15-20H2,1-9H3/t22-,24-,25+,26-,28+,30-,31-,32+/m1/s1. The maximum absolute atomic E-state index is 11.8. The van der Waals surface area contributed by atoms with E-state index in [4.69, 9.17) is 4.74 Å². The molecule has 3 saturated carbocycles. The number of rotatable bonds is 5. The zero-order valence-electron chi connectivity index (χ0n) is 23.7. The molecule has 0 radical (unpaired) electrons. The first-order valence-corrected chi connectivity index (χ1v) is 14.3. The van der Waals surface area contributed by atoms with Crippen LogP contribution in [0.4, 0.5) is 0 Å². The minimum absolute atomic E-state index is 0.0165. The summed E-state index contributed by atoms with van der Waals surface area (Å²) in [6, 6.07) is 0.